The van der Waals surface area contributed by atoms with E-state index in [-0.39, 0.29) is 31.0 Å². The van der Waals surface area contributed by atoms with E-state index in [9.17, 15) is 9.59 Å². The second-order valence-electron chi connectivity index (χ2n) is 9.56. The van der Waals surface area contributed by atoms with Crippen LogP contribution in [0, 0.1) is 13.8 Å². The van der Waals surface area contributed by atoms with Gasteiger partial charge in [-0.15, -0.1) is 0 Å². The molecule has 0 saturated heterocycles. The molecule has 0 aliphatic carbocycles. The molecule has 1 N–H and O–H groups in total. The van der Waals surface area contributed by atoms with Crippen LogP contribution in [0.2, 0.25) is 5.02 Å². The number of rotatable bonds is 12. The molecule has 3 rings (SSSR count). The van der Waals surface area contributed by atoms with Crippen LogP contribution in [-0.4, -0.2) is 42.5 Å². The van der Waals surface area contributed by atoms with E-state index < -0.39 is 6.04 Å². The highest BCUT2D eigenvalue weighted by Gasteiger charge is 2.31. The molecule has 6 nitrogen and oxygen atoms in total. The van der Waals surface area contributed by atoms with Crippen molar-refractivity contribution in [2.45, 2.75) is 59.2 Å². The molecule has 0 fully saturated rings. The third-order valence-corrected chi connectivity index (χ3v) is 7.13. The minimum Gasteiger partial charge on any atom is -0.497 e. The lowest BCUT2D eigenvalue weighted by atomic mass is 10.0. The van der Waals surface area contributed by atoms with Crippen LogP contribution in [0.15, 0.2) is 66.7 Å². The molecule has 38 heavy (non-hydrogen) atoms. The summed E-state index contributed by atoms with van der Waals surface area (Å²) in [6.45, 7) is 7.78. The van der Waals surface area contributed by atoms with Crippen molar-refractivity contribution >= 4 is 23.4 Å². The third kappa shape index (κ3) is 7.99. The van der Waals surface area contributed by atoms with Gasteiger partial charge in [0.1, 0.15) is 17.5 Å². The van der Waals surface area contributed by atoms with Gasteiger partial charge < -0.3 is 19.7 Å². The van der Waals surface area contributed by atoms with Crippen molar-refractivity contribution in [1.29, 1.82) is 0 Å². The second kappa shape index (κ2) is 13.9. The summed E-state index contributed by atoms with van der Waals surface area (Å²) in [4.78, 5) is 29.0. The Morgan fingerprint density at radius 3 is 2.24 bits per heavy atom. The van der Waals surface area contributed by atoms with E-state index in [4.69, 9.17) is 21.1 Å². The summed E-state index contributed by atoms with van der Waals surface area (Å²) in [6, 6.07) is 20.1. The molecule has 0 spiro atoms. The first-order valence-corrected chi connectivity index (χ1v) is 13.3. The fraction of sp³-hybridized carbons (Fsp3) is 0.355. The van der Waals surface area contributed by atoms with Crippen molar-refractivity contribution in [1.82, 2.24) is 10.2 Å². The molecule has 0 aromatic heterocycles. The van der Waals surface area contributed by atoms with E-state index in [2.05, 4.69) is 5.32 Å². The van der Waals surface area contributed by atoms with Gasteiger partial charge in [-0.2, -0.15) is 0 Å². The van der Waals surface area contributed by atoms with Crippen molar-refractivity contribution in [3.63, 3.8) is 0 Å². The number of carbonyl (C=O) groups excluding carboxylic acids is 2. The molecule has 0 aliphatic rings. The summed E-state index contributed by atoms with van der Waals surface area (Å²) in [5, 5.41) is 3.75. The Morgan fingerprint density at radius 1 is 0.947 bits per heavy atom. The number of halogens is 1. The first-order chi connectivity index (χ1) is 18.2. The first-order valence-electron chi connectivity index (χ1n) is 12.9. The van der Waals surface area contributed by atoms with Crippen LogP contribution in [0.1, 0.15) is 42.5 Å². The predicted octanol–water partition coefficient (Wildman–Crippen LogP) is 5.90. The van der Waals surface area contributed by atoms with E-state index in [1.807, 2.05) is 94.4 Å². The summed E-state index contributed by atoms with van der Waals surface area (Å²) in [5.41, 5.74) is 3.56. The van der Waals surface area contributed by atoms with Crippen molar-refractivity contribution in [2.24, 2.45) is 0 Å². The minimum absolute atomic E-state index is 0.0224. The molecule has 0 saturated carbocycles. The van der Waals surface area contributed by atoms with Gasteiger partial charge in [0.05, 0.1) is 7.11 Å². The second-order valence-corrected chi connectivity index (χ2v) is 9.93. The van der Waals surface area contributed by atoms with E-state index in [0.29, 0.717) is 22.9 Å². The Balaban J connectivity index is 1.94. The SMILES string of the molecule is CC[C@@H](C)NC(=O)[C@@H](Cc1ccccc1)N(Cc1cccc(OC)c1)C(=O)COc1cc(C)c(Cl)c(C)c1. The molecule has 7 heteroatoms. The summed E-state index contributed by atoms with van der Waals surface area (Å²) in [6.07, 6.45) is 1.16. The zero-order valence-corrected chi connectivity index (χ0v) is 23.5. The molecule has 0 unspecified atom stereocenters. The van der Waals surface area contributed by atoms with Gasteiger partial charge in [0.25, 0.3) is 5.91 Å². The van der Waals surface area contributed by atoms with Crippen LogP contribution in [0.25, 0.3) is 0 Å². The molecule has 2 amide bonds. The molecule has 0 heterocycles. The lowest BCUT2D eigenvalue weighted by molar-refractivity contribution is -0.143. The molecular weight excluding hydrogens is 500 g/mol. The highest BCUT2D eigenvalue weighted by atomic mass is 35.5. The molecule has 2 atom stereocenters. The summed E-state index contributed by atoms with van der Waals surface area (Å²) >= 11 is 6.30. The summed E-state index contributed by atoms with van der Waals surface area (Å²) in [7, 11) is 1.60. The molecule has 0 aliphatic heterocycles. The van der Waals surface area contributed by atoms with Crippen LogP contribution in [0.4, 0.5) is 0 Å². The average molecular weight is 537 g/mol. The molecule has 0 bridgehead atoms. The molecule has 3 aromatic carbocycles. The largest absolute Gasteiger partial charge is 0.497 e. The standard InChI is InChI=1S/C31H37ClN2O4/c1-6-23(4)33-31(36)28(18-24-11-8-7-9-12-24)34(19-25-13-10-14-26(17-25)37-5)29(35)20-38-27-15-21(2)30(32)22(3)16-27/h7-17,23,28H,6,18-20H2,1-5H3,(H,33,36)/t23-,28-/m1/s1. The topological polar surface area (TPSA) is 67.9 Å². The van der Waals surface area contributed by atoms with Gasteiger partial charge in [0, 0.05) is 24.0 Å². The number of nitrogens with one attached hydrogen (secondary N) is 1. The number of aryl methyl sites for hydroxylation is 2. The molecule has 0 radical (unpaired) electrons. The van der Waals surface area contributed by atoms with E-state index in [1.54, 1.807) is 12.0 Å². The van der Waals surface area contributed by atoms with Crippen LogP contribution < -0.4 is 14.8 Å². The minimum atomic E-state index is -0.734. The number of amides is 2. The number of methoxy groups -OCH3 is 1. The van der Waals surface area contributed by atoms with Crippen molar-refractivity contribution in [3.05, 3.63) is 94.0 Å². The Hall–Kier alpha value is -3.51. The Kier molecular flexibility index (Phi) is 10.6. The summed E-state index contributed by atoms with van der Waals surface area (Å²) in [5.74, 6) is 0.751. The third-order valence-electron chi connectivity index (χ3n) is 6.53. The normalized spacial score (nSPS) is 12.4. The Morgan fingerprint density at radius 2 is 1.61 bits per heavy atom. The number of hydrogen-bond acceptors (Lipinski definition) is 4. The number of hydrogen-bond donors (Lipinski definition) is 1. The van der Waals surface area contributed by atoms with Crippen molar-refractivity contribution < 1.29 is 19.1 Å². The molecule has 202 valence electrons. The molecule has 3 aromatic rings. The fourth-order valence-electron chi connectivity index (χ4n) is 4.18. The lowest BCUT2D eigenvalue weighted by Gasteiger charge is -2.32. The van der Waals surface area contributed by atoms with E-state index in [0.717, 1.165) is 28.7 Å². The first kappa shape index (κ1) is 29.1. The number of ether oxygens (including phenoxy) is 2. The molecular formula is C31H37ClN2O4. The number of nitrogens with zero attached hydrogens (tertiary/aromatic N) is 1. The average Bonchev–Trinajstić information content (AvgIpc) is 2.92. The fourth-order valence-corrected chi connectivity index (χ4v) is 4.29. The monoisotopic (exact) mass is 536 g/mol. The highest BCUT2D eigenvalue weighted by molar-refractivity contribution is 6.32. The van der Waals surface area contributed by atoms with Gasteiger partial charge in [-0.05, 0) is 73.7 Å². The van der Waals surface area contributed by atoms with E-state index >= 15 is 0 Å². The van der Waals surface area contributed by atoms with Gasteiger partial charge in [-0.1, -0.05) is 61.0 Å². The predicted molar refractivity (Wildman–Crippen MR) is 152 cm³/mol. The Bertz CT molecular complexity index is 1210. The van der Waals surface area contributed by atoms with Gasteiger partial charge in [0.2, 0.25) is 5.91 Å². The van der Waals surface area contributed by atoms with Crippen LogP contribution in [-0.2, 0) is 22.6 Å². The Labute approximate surface area is 230 Å². The lowest BCUT2D eigenvalue weighted by Crippen LogP contribution is -2.53. The quantitative estimate of drug-likeness (QED) is 0.313. The maximum Gasteiger partial charge on any atom is 0.261 e. The highest BCUT2D eigenvalue weighted by Crippen LogP contribution is 2.26. The zero-order chi connectivity index (χ0) is 27.7. The van der Waals surface area contributed by atoms with Crippen molar-refractivity contribution in [3.8, 4) is 11.5 Å². The number of benzene rings is 3. The number of carbonyl (C=O) groups is 2. The van der Waals surface area contributed by atoms with Crippen molar-refractivity contribution in [2.75, 3.05) is 13.7 Å². The van der Waals surface area contributed by atoms with Gasteiger partial charge in [0.15, 0.2) is 6.61 Å². The van der Waals surface area contributed by atoms with Crippen LogP contribution >= 0.6 is 11.6 Å². The summed E-state index contributed by atoms with van der Waals surface area (Å²) < 4.78 is 11.3. The smallest absolute Gasteiger partial charge is 0.261 e. The zero-order valence-electron chi connectivity index (χ0n) is 22.8. The van der Waals surface area contributed by atoms with E-state index in [1.165, 1.54) is 0 Å². The van der Waals surface area contributed by atoms with Gasteiger partial charge >= 0.3 is 0 Å². The maximum atomic E-state index is 13.8. The van der Waals surface area contributed by atoms with Gasteiger partial charge in [-0.3, -0.25) is 9.59 Å². The van der Waals surface area contributed by atoms with Crippen LogP contribution in [0.5, 0.6) is 11.5 Å². The van der Waals surface area contributed by atoms with Gasteiger partial charge in [-0.25, -0.2) is 0 Å². The van der Waals surface area contributed by atoms with Crippen LogP contribution in [0.3, 0.4) is 0 Å². The maximum absolute atomic E-state index is 13.8.